The first kappa shape index (κ1) is 19.0. The molecule has 0 unspecified atom stereocenters. The molecule has 2 fully saturated rings. The van der Waals surface area contributed by atoms with E-state index >= 15 is 0 Å². The van der Waals surface area contributed by atoms with Gasteiger partial charge in [-0.05, 0) is 23.7 Å². The minimum absolute atomic E-state index is 0.0351. The number of ether oxygens (including phenoxy) is 2. The molecule has 0 spiro atoms. The van der Waals surface area contributed by atoms with Gasteiger partial charge in [-0.3, -0.25) is 4.90 Å². The molecule has 0 saturated carbocycles. The van der Waals surface area contributed by atoms with Crippen LogP contribution in [0.3, 0.4) is 0 Å². The molecule has 1 N–H and O–H groups in total. The zero-order chi connectivity index (χ0) is 19.5. The highest BCUT2D eigenvalue weighted by molar-refractivity contribution is 6.28. The summed E-state index contributed by atoms with van der Waals surface area (Å²) < 4.78 is 36.0. The van der Waals surface area contributed by atoms with E-state index in [1.54, 1.807) is 12.1 Å². The molecular formula is C17H19ClF2N6O2. The summed E-state index contributed by atoms with van der Waals surface area (Å²) >= 11 is 5.74. The van der Waals surface area contributed by atoms with Crippen molar-refractivity contribution >= 4 is 28.9 Å². The van der Waals surface area contributed by atoms with Crippen LogP contribution in [-0.4, -0.2) is 71.9 Å². The molecular weight excluding hydrogens is 394 g/mol. The molecule has 11 heteroatoms. The first-order valence-corrected chi connectivity index (χ1v) is 9.23. The molecule has 28 heavy (non-hydrogen) atoms. The van der Waals surface area contributed by atoms with Crippen molar-refractivity contribution in [2.75, 3.05) is 49.6 Å². The lowest BCUT2D eigenvalue weighted by atomic mass is 10.1. The summed E-state index contributed by atoms with van der Waals surface area (Å²) in [7, 11) is 0. The number of aromatic nitrogens is 3. The van der Waals surface area contributed by atoms with Crippen LogP contribution in [0.15, 0.2) is 24.5 Å². The van der Waals surface area contributed by atoms with E-state index in [1.165, 1.54) is 12.4 Å². The fourth-order valence-corrected chi connectivity index (χ4v) is 3.39. The van der Waals surface area contributed by atoms with Crippen LogP contribution in [0.25, 0.3) is 0 Å². The largest absolute Gasteiger partial charge is 0.433 e. The van der Waals surface area contributed by atoms with Gasteiger partial charge in [-0.25, -0.2) is 9.97 Å². The molecule has 0 amide bonds. The maximum atomic E-state index is 13.0. The number of hydrogen-bond acceptors (Lipinski definition) is 8. The monoisotopic (exact) mass is 412 g/mol. The van der Waals surface area contributed by atoms with Crippen LogP contribution in [0, 0.1) is 0 Å². The Kier molecular flexibility index (Phi) is 5.69. The van der Waals surface area contributed by atoms with Crippen LogP contribution in [-0.2, 0) is 4.74 Å². The molecule has 1 aromatic carbocycles. The SMILES string of the molecule is FC(F)Oc1cc(Nc2ncnc(Cl)n2)ccc1N1CCN(C2COC2)CC1. The molecule has 0 aliphatic carbocycles. The Labute approximate surface area is 165 Å². The molecule has 2 aromatic rings. The van der Waals surface area contributed by atoms with Gasteiger partial charge in [-0.15, -0.1) is 0 Å². The number of anilines is 3. The number of alkyl halides is 2. The maximum absolute atomic E-state index is 13.0. The number of rotatable bonds is 6. The van der Waals surface area contributed by atoms with Gasteiger partial charge in [0.2, 0.25) is 11.2 Å². The molecule has 2 aliphatic heterocycles. The second-order valence-electron chi connectivity index (χ2n) is 6.48. The molecule has 150 valence electrons. The highest BCUT2D eigenvalue weighted by Gasteiger charge is 2.29. The lowest BCUT2D eigenvalue weighted by Gasteiger charge is -2.43. The number of halogens is 3. The minimum Gasteiger partial charge on any atom is -0.433 e. The van der Waals surface area contributed by atoms with Crippen LogP contribution in [0.5, 0.6) is 5.75 Å². The smallest absolute Gasteiger partial charge is 0.387 e. The molecule has 3 heterocycles. The van der Waals surface area contributed by atoms with Crippen molar-refractivity contribution in [1.29, 1.82) is 0 Å². The third-order valence-electron chi connectivity index (χ3n) is 4.77. The van der Waals surface area contributed by atoms with Gasteiger partial charge in [0.25, 0.3) is 0 Å². The van der Waals surface area contributed by atoms with E-state index in [-0.39, 0.29) is 17.0 Å². The Morgan fingerprint density at radius 1 is 1.18 bits per heavy atom. The highest BCUT2D eigenvalue weighted by Crippen LogP contribution is 2.34. The van der Waals surface area contributed by atoms with Gasteiger partial charge in [0.15, 0.2) is 5.75 Å². The predicted molar refractivity (Wildman–Crippen MR) is 99.6 cm³/mol. The number of nitrogens with zero attached hydrogens (tertiary/aromatic N) is 5. The molecule has 4 rings (SSSR count). The van der Waals surface area contributed by atoms with Crippen molar-refractivity contribution in [1.82, 2.24) is 19.9 Å². The summed E-state index contributed by atoms with van der Waals surface area (Å²) in [5, 5.41) is 2.95. The highest BCUT2D eigenvalue weighted by atomic mass is 35.5. The van der Waals surface area contributed by atoms with Gasteiger partial charge in [0, 0.05) is 37.9 Å². The molecule has 2 aliphatic rings. The zero-order valence-electron chi connectivity index (χ0n) is 14.9. The predicted octanol–water partition coefficient (Wildman–Crippen LogP) is 2.39. The van der Waals surface area contributed by atoms with E-state index in [1.807, 2.05) is 0 Å². The Bertz CT molecular complexity index is 818. The van der Waals surface area contributed by atoms with E-state index in [2.05, 4.69) is 30.1 Å². The number of hydrogen-bond donors (Lipinski definition) is 1. The van der Waals surface area contributed by atoms with Crippen molar-refractivity contribution in [3.05, 3.63) is 29.8 Å². The van der Waals surface area contributed by atoms with Crippen molar-refractivity contribution in [2.24, 2.45) is 0 Å². The summed E-state index contributed by atoms with van der Waals surface area (Å²) in [6, 6.07) is 5.49. The van der Waals surface area contributed by atoms with E-state index in [4.69, 9.17) is 21.1 Å². The van der Waals surface area contributed by atoms with Gasteiger partial charge in [0.1, 0.15) is 6.33 Å². The Balaban J connectivity index is 1.50. The number of piperazine rings is 1. The lowest BCUT2D eigenvalue weighted by Crippen LogP contribution is -2.56. The molecule has 0 atom stereocenters. The molecule has 1 aromatic heterocycles. The fourth-order valence-electron chi connectivity index (χ4n) is 3.27. The summed E-state index contributed by atoms with van der Waals surface area (Å²) in [5.41, 5.74) is 1.14. The van der Waals surface area contributed by atoms with Gasteiger partial charge in [-0.2, -0.15) is 13.8 Å². The van der Waals surface area contributed by atoms with Crippen LogP contribution >= 0.6 is 11.6 Å². The lowest BCUT2D eigenvalue weighted by molar-refractivity contribution is -0.0663. The zero-order valence-corrected chi connectivity index (χ0v) is 15.6. The molecule has 0 bridgehead atoms. The van der Waals surface area contributed by atoms with Gasteiger partial charge in [-0.1, -0.05) is 0 Å². The van der Waals surface area contributed by atoms with E-state index in [0.717, 1.165) is 39.4 Å². The maximum Gasteiger partial charge on any atom is 0.387 e. The first-order valence-electron chi connectivity index (χ1n) is 8.85. The third kappa shape index (κ3) is 4.40. The fraction of sp³-hybridized carbons (Fsp3) is 0.471. The van der Waals surface area contributed by atoms with Crippen LogP contribution in [0.1, 0.15) is 0 Å². The summed E-state index contributed by atoms with van der Waals surface area (Å²) in [6.07, 6.45) is 1.26. The summed E-state index contributed by atoms with van der Waals surface area (Å²) in [5.74, 6) is 0.313. The normalized spacial score (nSPS) is 18.2. The van der Waals surface area contributed by atoms with E-state index in [9.17, 15) is 8.78 Å². The third-order valence-corrected chi connectivity index (χ3v) is 4.95. The number of nitrogens with one attached hydrogen (secondary N) is 1. The van der Waals surface area contributed by atoms with Gasteiger partial charge >= 0.3 is 6.61 Å². The standard InChI is InChI=1S/C17H19ClF2N6O2/c18-15-21-10-22-17(24-15)23-11-1-2-13(14(7-11)28-16(19)20)26-5-3-25(4-6-26)12-8-27-9-12/h1-2,7,10,12,16H,3-6,8-9H2,(H,21,22,23,24). The van der Waals surface area contributed by atoms with E-state index in [0.29, 0.717) is 17.4 Å². The van der Waals surface area contributed by atoms with Crippen molar-refractivity contribution in [3.63, 3.8) is 0 Å². The second kappa shape index (κ2) is 8.38. The Morgan fingerprint density at radius 2 is 1.96 bits per heavy atom. The minimum atomic E-state index is -2.92. The molecule has 2 saturated heterocycles. The molecule has 8 nitrogen and oxygen atoms in total. The van der Waals surface area contributed by atoms with Gasteiger partial charge in [0.05, 0.1) is 24.9 Å². The van der Waals surface area contributed by atoms with Crippen LogP contribution in [0.4, 0.5) is 26.1 Å². The summed E-state index contributed by atoms with van der Waals surface area (Å²) in [4.78, 5) is 16.0. The molecule has 0 radical (unpaired) electrons. The Hall–Kier alpha value is -2.30. The van der Waals surface area contributed by atoms with Crippen molar-refractivity contribution in [2.45, 2.75) is 12.7 Å². The first-order chi connectivity index (χ1) is 13.6. The van der Waals surface area contributed by atoms with E-state index < -0.39 is 6.61 Å². The van der Waals surface area contributed by atoms with Gasteiger partial charge < -0.3 is 19.7 Å². The second-order valence-corrected chi connectivity index (χ2v) is 6.82. The van der Waals surface area contributed by atoms with Crippen molar-refractivity contribution in [3.8, 4) is 5.75 Å². The summed E-state index contributed by atoms with van der Waals surface area (Å²) in [6.45, 7) is 1.77. The van der Waals surface area contributed by atoms with Crippen LogP contribution < -0.4 is 15.0 Å². The average molecular weight is 413 g/mol. The van der Waals surface area contributed by atoms with Crippen LogP contribution in [0.2, 0.25) is 5.28 Å². The quantitative estimate of drug-likeness (QED) is 0.775. The topological polar surface area (TPSA) is 75.6 Å². The average Bonchev–Trinajstić information content (AvgIpc) is 2.61. The van der Waals surface area contributed by atoms with Crippen molar-refractivity contribution < 1.29 is 18.3 Å². The number of benzene rings is 1. The Morgan fingerprint density at radius 3 is 2.61 bits per heavy atom.